The number of aromatic amines is 1. The second-order valence-corrected chi connectivity index (χ2v) is 7.20. The Labute approximate surface area is 173 Å². The van der Waals surface area contributed by atoms with E-state index in [0.717, 1.165) is 29.8 Å². The Bertz CT molecular complexity index is 1180. The molecular formula is C23H20N4O3. The quantitative estimate of drug-likeness (QED) is 0.501. The Morgan fingerprint density at radius 3 is 2.83 bits per heavy atom. The van der Waals surface area contributed by atoms with Gasteiger partial charge in [-0.1, -0.05) is 6.07 Å². The van der Waals surface area contributed by atoms with Crippen molar-refractivity contribution in [3.8, 4) is 17.0 Å². The number of aromatic nitrogens is 3. The molecule has 1 aromatic carbocycles. The number of nitrogens with one attached hydrogen (secondary N) is 2. The molecule has 4 aromatic rings. The number of hydrogen-bond acceptors (Lipinski definition) is 5. The van der Waals surface area contributed by atoms with Gasteiger partial charge in [0.2, 0.25) is 0 Å². The molecule has 5 rings (SSSR count). The van der Waals surface area contributed by atoms with Crippen LogP contribution in [-0.2, 0) is 19.4 Å². The molecule has 0 atom stereocenters. The highest BCUT2D eigenvalue weighted by atomic mass is 16.5. The minimum absolute atomic E-state index is 0.205. The summed E-state index contributed by atoms with van der Waals surface area (Å²) >= 11 is 0. The van der Waals surface area contributed by atoms with Crippen molar-refractivity contribution < 1.29 is 13.9 Å². The molecular weight excluding hydrogens is 380 g/mol. The van der Waals surface area contributed by atoms with Crippen LogP contribution in [0.3, 0.4) is 0 Å². The summed E-state index contributed by atoms with van der Waals surface area (Å²) in [6.45, 7) is 0.265. The van der Waals surface area contributed by atoms with E-state index >= 15 is 0 Å². The van der Waals surface area contributed by atoms with E-state index < -0.39 is 0 Å². The third-order valence-corrected chi connectivity index (χ3v) is 5.15. The predicted octanol–water partition coefficient (Wildman–Crippen LogP) is 4.38. The lowest BCUT2D eigenvalue weighted by molar-refractivity contribution is 0.0992. The van der Waals surface area contributed by atoms with Crippen molar-refractivity contribution in [2.45, 2.75) is 25.9 Å². The predicted molar refractivity (Wildman–Crippen MR) is 111 cm³/mol. The molecule has 2 N–H and O–H groups in total. The Morgan fingerprint density at radius 1 is 1.07 bits per heavy atom. The lowest BCUT2D eigenvalue weighted by atomic mass is 10.1. The van der Waals surface area contributed by atoms with Crippen LogP contribution in [0.4, 0.5) is 5.82 Å². The van der Waals surface area contributed by atoms with Crippen molar-refractivity contribution in [2.24, 2.45) is 0 Å². The number of rotatable bonds is 6. The Balaban J connectivity index is 1.20. The van der Waals surface area contributed by atoms with Crippen LogP contribution in [0.25, 0.3) is 11.3 Å². The van der Waals surface area contributed by atoms with Gasteiger partial charge in [0, 0.05) is 24.0 Å². The van der Waals surface area contributed by atoms with E-state index in [1.807, 2.05) is 18.2 Å². The normalized spacial score (nSPS) is 12.5. The number of amides is 1. The summed E-state index contributed by atoms with van der Waals surface area (Å²) in [6, 6.07) is 15.1. The van der Waals surface area contributed by atoms with E-state index in [1.165, 1.54) is 17.5 Å². The lowest BCUT2D eigenvalue weighted by Gasteiger charge is -2.06. The third-order valence-electron chi connectivity index (χ3n) is 5.15. The molecule has 3 heterocycles. The number of carbonyl (C=O) groups is 1. The van der Waals surface area contributed by atoms with Gasteiger partial charge in [-0.2, -0.15) is 5.10 Å². The molecule has 1 aliphatic carbocycles. The van der Waals surface area contributed by atoms with Gasteiger partial charge in [-0.05, 0) is 66.8 Å². The second kappa shape index (κ2) is 7.87. The van der Waals surface area contributed by atoms with E-state index in [4.69, 9.17) is 9.15 Å². The fraction of sp³-hybridized carbons (Fsp3) is 0.174. The average molecular weight is 400 g/mol. The van der Waals surface area contributed by atoms with Crippen molar-refractivity contribution >= 4 is 11.7 Å². The number of aryl methyl sites for hydroxylation is 2. The van der Waals surface area contributed by atoms with Crippen LogP contribution in [0.15, 0.2) is 65.3 Å². The zero-order valence-corrected chi connectivity index (χ0v) is 16.2. The van der Waals surface area contributed by atoms with Gasteiger partial charge in [-0.3, -0.25) is 14.9 Å². The fourth-order valence-electron chi connectivity index (χ4n) is 3.61. The summed E-state index contributed by atoms with van der Waals surface area (Å²) in [4.78, 5) is 16.5. The van der Waals surface area contributed by atoms with Crippen molar-refractivity contribution in [2.75, 3.05) is 5.32 Å². The maximum atomic E-state index is 12.5. The Kier molecular flexibility index (Phi) is 4.77. The van der Waals surface area contributed by atoms with Gasteiger partial charge in [0.15, 0.2) is 11.6 Å². The highest BCUT2D eigenvalue weighted by Crippen LogP contribution is 2.26. The van der Waals surface area contributed by atoms with E-state index in [9.17, 15) is 4.79 Å². The van der Waals surface area contributed by atoms with E-state index in [-0.39, 0.29) is 18.3 Å². The molecule has 1 amide bonds. The van der Waals surface area contributed by atoms with Crippen LogP contribution in [0.2, 0.25) is 0 Å². The average Bonchev–Trinajstić information content (AvgIpc) is 3.53. The summed E-state index contributed by atoms with van der Waals surface area (Å²) in [5.41, 5.74) is 4.49. The van der Waals surface area contributed by atoms with E-state index in [1.54, 1.807) is 30.6 Å². The summed E-state index contributed by atoms with van der Waals surface area (Å²) < 4.78 is 11.5. The first-order valence-corrected chi connectivity index (χ1v) is 9.85. The number of benzene rings is 1. The summed E-state index contributed by atoms with van der Waals surface area (Å²) in [7, 11) is 0. The zero-order chi connectivity index (χ0) is 20.3. The largest absolute Gasteiger partial charge is 0.486 e. The molecule has 0 radical (unpaired) electrons. The van der Waals surface area contributed by atoms with Gasteiger partial charge in [0.25, 0.3) is 5.91 Å². The van der Waals surface area contributed by atoms with Crippen LogP contribution in [0.5, 0.6) is 5.75 Å². The van der Waals surface area contributed by atoms with Gasteiger partial charge in [-0.15, -0.1) is 0 Å². The number of ether oxygens (including phenoxy) is 1. The van der Waals surface area contributed by atoms with Crippen LogP contribution in [-0.4, -0.2) is 21.1 Å². The van der Waals surface area contributed by atoms with Gasteiger partial charge < -0.3 is 14.5 Å². The molecule has 3 aromatic heterocycles. The molecule has 0 saturated carbocycles. The molecule has 0 saturated heterocycles. The van der Waals surface area contributed by atoms with Crippen molar-refractivity contribution in [3.63, 3.8) is 0 Å². The van der Waals surface area contributed by atoms with Gasteiger partial charge in [0.1, 0.15) is 18.1 Å². The molecule has 0 aliphatic heterocycles. The summed E-state index contributed by atoms with van der Waals surface area (Å²) in [6.07, 6.45) is 6.85. The summed E-state index contributed by atoms with van der Waals surface area (Å²) in [5, 5.41) is 9.75. The Hall–Kier alpha value is -3.87. The number of carbonyl (C=O) groups excluding carboxylic acids is 1. The molecule has 1 aliphatic rings. The topological polar surface area (TPSA) is 93.0 Å². The standard InChI is InChI=1S/C23H20N4O3/c28-23(25-22-13-20(26-27-22)16-8-10-24-11-9-16)21-7-6-19(30-21)14-29-18-5-4-15-2-1-3-17(15)12-18/h4-13H,1-3,14H2,(H2,25,26,27,28). The minimum Gasteiger partial charge on any atom is -0.486 e. The van der Waals surface area contributed by atoms with Crippen molar-refractivity contribution in [1.82, 2.24) is 15.2 Å². The Morgan fingerprint density at radius 2 is 1.93 bits per heavy atom. The number of hydrogen-bond donors (Lipinski definition) is 2. The lowest BCUT2D eigenvalue weighted by Crippen LogP contribution is -2.11. The highest BCUT2D eigenvalue weighted by Gasteiger charge is 2.15. The van der Waals surface area contributed by atoms with Crippen LogP contribution in [0.1, 0.15) is 33.9 Å². The SMILES string of the molecule is O=C(Nc1cc(-c2ccncc2)[nH]n1)c1ccc(COc2ccc3c(c2)CCC3)o1. The first-order valence-electron chi connectivity index (χ1n) is 9.85. The van der Waals surface area contributed by atoms with Gasteiger partial charge in [-0.25, -0.2) is 0 Å². The minimum atomic E-state index is -0.369. The maximum Gasteiger partial charge on any atom is 0.292 e. The first-order chi connectivity index (χ1) is 14.7. The van der Waals surface area contributed by atoms with Crippen LogP contribution in [0, 0.1) is 0 Å². The number of furan rings is 1. The van der Waals surface area contributed by atoms with Crippen molar-refractivity contribution in [1.29, 1.82) is 0 Å². The molecule has 0 fully saturated rings. The maximum absolute atomic E-state index is 12.5. The number of pyridine rings is 1. The fourth-order valence-corrected chi connectivity index (χ4v) is 3.61. The molecule has 7 nitrogen and oxygen atoms in total. The second-order valence-electron chi connectivity index (χ2n) is 7.20. The van der Waals surface area contributed by atoms with Crippen LogP contribution >= 0.6 is 0 Å². The molecule has 0 bridgehead atoms. The molecule has 30 heavy (non-hydrogen) atoms. The number of fused-ring (bicyclic) bond motifs is 1. The zero-order valence-electron chi connectivity index (χ0n) is 16.2. The monoisotopic (exact) mass is 400 g/mol. The third kappa shape index (κ3) is 3.82. The van der Waals surface area contributed by atoms with Crippen LogP contribution < -0.4 is 10.1 Å². The number of nitrogens with zero attached hydrogens (tertiary/aromatic N) is 2. The van der Waals surface area contributed by atoms with E-state index in [2.05, 4.69) is 32.6 Å². The first kappa shape index (κ1) is 18.2. The summed E-state index contributed by atoms with van der Waals surface area (Å²) in [5.74, 6) is 1.65. The molecule has 0 unspecified atom stereocenters. The highest BCUT2D eigenvalue weighted by molar-refractivity contribution is 6.01. The smallest absolute Gasteiger partial charge is 0.292 e. The molecule has 0 spiro atoms. The number of H-pyrrole nitrogens is 1. The molecule has 150 valence electrons. The molecule has 7 heteroatoms. The van der Waals surface area contributed by atoms with Crippen molar-refractivity contribution in [3.05, 3.63) is 83.6 Å². The van der Waals surface area contributed by atoms with E-state index in [0.29, 0.717) is 11.6 Å². The number of anilines is 1. The van der Waals surface area contributed by atoms with Gasteiger partial charge in [0.05, 0.1) is 5.69 Å². The van der Waals surface area contributed by atoms with Gasteiger partial charge >= 0.3 is 0 Å².